The van der Waals surface area contributed by atoms with Gasteiger partial charge in [-0.1, -0.05) is 12.1 Å². The second-order valence-electron chi connectivity index (χ2n) is 6.86. The summed E-state index contributed by atoms with van der Waals surface area (Å²) in [5.74, 6) is -0.252. The smallest absolute Gasteiger partial charge is 0.252 e. The first-order chi connectivity index (χ1) is 12.1. The molecule has 1 aromatic rings. The van der Waals surface area contributed by atoms with Crippen molar-refractivity contribution in [1.29, 1.82) is 0 Å². The monoisotopic (exact) mass is 344 g/mol. The van der Waals surface area contributed by atoms with E-state index in [4.69, 9.17) is 4.74 Å². The van der Waals surface area contributed by atoms with Crippen molar-refractivity contribution in [2.24, 2.45) is 4.99 Å². The summed E-state index contributed by atoms with van der Waals surface area (Å²) >= 11 is 0. The third-order valence-corrected chi connectivity index (χ3v) is 5.08. The second-order valence-corrected chi connectivity index (χ2v) is 6.86. The molecule has 5 heteroatoms. The molecular weight excluding hydrogens is 319 g/mol. The van der Waals surface area contributed by atoms with Gasteiger partial charge in [-0.15, -0.1) is 0 Å². The first-order valence-electron chi connectivity index (χ1n) is 8.86. The molecule has 1 saturated carbocycles. The molecule has 2 aliphatic rings. The average molecular weight is 344 g/mol. The first-order valence-corrected chi connectivity index (χ1v) is 8.86. The Morgan fingerprint density at radius 1 is 1.32 bits per heavy atom. The molecule has 3 rings (SSSR count). The molecule has 0 spiro atoms. The fourth-order valence-corrected chi connectivity index (χ4v) is 3.66. The summed E-state index contributed by atoms with van der Waals surface area (Å²) in [4.78, 5) is 19.3. The summed E-state index contributed by atoms with van der Waals surface area (Å²) in [6, 6.07) is 6.65. The molecule has 0 saturated heterocycles. The van der Waals surface area contributed by atoms with Crippen molar-refractivity contribution < 1.29 is 13.9 Å². The highest BCUT2D eigenvalue weighted by Crippen LogP contribution is 2.28. The van der Waals surface area contributed by atoms with Crippen LogP contribution < -0.4 is 0 Å². The Labute approximate surface area is 148 Å². The number of methoxy groups -OCH3 is 1. The number of hydrogen-bond donors (Lipinski definition) is 0. The summed E-state index contributed by atoms with van der Waals surface area (Å²) in [5, 5.41) is 0. The lowest BCUT2D eigenvalue weighted by molar-refractivity contribution is -0.131. The molecule has 1 amide bonds. The highest BCUT2D eigenvalue weighted by atomic mass is 19.1. The lowest BCUT2D eigenvalue weighted by Crippen LogP contribution is -2.43. The summed E-state index contributed by atoms with van der Waals surface area (Å²) in [5.41, 5.74) is 2.43. The quantitative estimate of drug-likeness (QED) is 0.820. The maximum atomic E-state index is 13.6. The van der Waals surface area contributed by atoms with Crippen LogP contribution in [0.4, 0.5) is 4.39 Å². The highest BCUT2D eigenvalue weighted by Gasteiger charge is 2.31. The molecule has 134 valence electrons. The zero-order valence-electron chi connectivity index (χ0n) is 14.9. The molecule has 4 nitrogen and oxygen atoms in total. The van der Waals surface area contributed by atoms with E-state index in [0.29, 0.717) is 13.1 Å². The van der Waals surface area contributed by atoms with E-state index < -0.39 is 0 Å². The SMILES string of the molecule is COC1CCC(N(Cc2cccc(F)c2)C(=O)C2=CC(C)=NC2)CC1. The number of amides is 1. The van der Waals surface area contributed by atoms with Gasteiger partial charge in [0.05, 0.1) is 12.6 Å². The van der Waals surface area contributed by atoms with Gasteiger partial charge in [-0.2, -0.15) is 0 Å². The van der Waals surface area contributed by atoms with E-state index in [1.54, 1.807) is 13.2 Å². The maximum absolute atomic E-state index is 13.6. The van der Waals surface area contributed by atoms with E-state index in [1.807, 2.05) is 24.0 Å². The van der Waals surface area contributed by atoms with E-state index in [2.05, 4.69) is 4.99 Å². The third kappa shape index (κ3) is 4.34. The van der Waals surface area contributed by atoms with Crippen LogP contribution in [-0.2, 0) is 16.1 Å². The molecule has 1 aliphatic carbocycles. The van der Waals surface area contributed by atoms with Gasteiger partial charge < -0.3 is 9.64 Å². The molecule has 0 bridgehead atoms. The van der Waals surface area contributed by atoms with Gasteiger partial charge in [0.25, 0.3) is 5.91 Å². The second kappa shape index (κ2) is 7.91. The fourth-order valence-electron chi connectivity index (χ4n) is 3.66. The summed E-state index contributed by atoms with van der Waals surface area (Å²) in [7, 11) is 1.74. The van der Waals surface area contributed by atoms with Crippen LogP contribution in [0.15, 0.2) is 40.9 Å². The summed E-state index contributed by atoms with van der Waals surface area (Å²) in [6.07, 6.45) is 5.85. The van der Waals surface area contributed by atoms with Crippen LogP contribution in [0.25, 0.3) is 0 Å². The number of aliphatic imine (C=N–C) groups is 1. The Morgan fingerprint density at radius 2 is 2.08 bits per heavy atom. The van der Waals surface area contributed by atoms with E-state index >= 15 is 0 Å². The largest absolute Gasteiger partial charge is 0.381 e. The van der Waals surface area contributed by atoms with Crippen LogP contribution in [0.1, 0.15) is 38.2 Å². The van der Waals surface area contributed by atoms with Crippen molar-refractivity contribution in [1.82, 2.24) is 4.90 Å². The first kappa shape index (κ1) is 17.8. The Bertz CT molecular complexity index is 691. The number of carbonyl (C=O) groups excluding carboxylic acids is 1. The Morgan fingerprint density at radius 3 is 2.68 bits per heavy atom. The minimum absolute atomic E-state index is 0.0192. The molecule has 1 aliphatic heterocycles. The molecule has 1 fully saturated rings. The predicted molar refractivity (Wildman–Crippen MR) is 96.1 cm³/mol. The van der Waals surface area contributed by atoms with Crippen molar-refractivity contribution in [3.8, 4) is 0 Å². The lowest BCUT2D eigenvalue weighted by atomic mass is 9.91. The van der Waals surface area contributed by atoms with Crippen LogP contribution in [0, 0.1) is 5.82 Å². The summed E-state index contributed by atoms with van der Waals surface area (Å²) < 4.78 is 19.0. The van der Waals surface area contributed by atoms with Crippen LogP contribution in [-0.4, -0.2) is 42.3 Å². The Balaban J connectivity index is 1.78. The van der Waals surface area contributed by atoms with Gasteiger partial charge in [-0.05, 0) is 56.4 Å². The minimum atomic E-state index is -0.271. The zero-order valence-corrected chi connectivity index (χ0v) is 14.9. The third-order valence-electron chi connectivity index (χ3n) is 5.08. The van der Waals surface area contributed by atoms with E-state index in [1.165, 1.54) is 12.1 Å². The molecular formula is C20H25FN2O2. The number of carbonyl (C=O) groups is 1. The van der Waals surface area contributed by atoms with Crippen LogP contribution in [0.5, 0.6) is 0 Å². The van der Waals surface area contributed by atoms with Gasteiger partial charge in [-0.3, -0.25) is 9.79 Å². The zero-order chi connectivity index (χ0) is 17.8. The van der Waals surface area contributed by atoms with Crippen molar-refractivity contribution >= 4 is 11.6 Å². The maximum Gasteiger partial charge on any atom is 0.252 e. The lowest BCUT2D eigenvalue weighted by Gasteiger charge is -2.37. The van der Waals surface area contributed by atoms with E-state index in [9.17, 15) is 9.18 Å². The van der Waals surface area contributed by atoms with Gasteiger partial charge in [0, 0.05) is 31.0 Å². The number of ether oxygens (including phenoxy) is 1. The minimum Gasteiger partial charge on any atom is -0.381 e. The normalized spacial score (nSPS) is 23.2. The molecule has 25 heavy (non-hydrogen) atoms. The van der Waals surface area contributed by atoms with Crippen LogP contribution in [0.2, 0.25) is 0 Å². The molecule has 0 atom stereocenters. The Kier molecular flexibility index (Phi) is 5.63. The Hall–Kier alpha value is -2.01. The predicted octanol–water partition coefficient (Wildman–Crippen LogP) is 3.51. The van der Waals surface area contributed by atoms with Crippen molar-refractivity contribution in [2.45, 2.75) is 51.3 Å². The topological polar surface area (TPSA) is 41.9 Å². The van der Waals surface area contributed by atoms with E-state index in [-0.39, 0.29) is 23.9 Å². The molecule has 1 heterocycles. The van der Waals surface area contributed by atoms with Gasteiger partial charge in [0.1, 0.15) is 5.82 Å². The number of allylic oxidation sites excluding steroid dienone is 1. The number of rotatable bonds is 5. The van der Waals surface area contributed by atoms with Gasteiger partial charge in [0.15, 0.2) is 0 Å². The number of benzene rings is 1. The fraction of sp³-hybridized carbons (Fsp3) is 0.500. The molecule has 0 N–H and O–H groups in total. The number of nitrogens with zero attached hydrogens (tertiary/aromatic N) is 2. The van der Waals surface area contributed by atoms with Crippen molar-refractivity contribution in [2.75, 3.05) is 13.7 Å². The molecule has 0 aromatic heterocycles. The highest BCUT2D eigenvalue weighted by molar-refractivity contribution is 6.06. The number of hydrogen-bond acceptors (Lipinski definition) is 3. The molecule has 0 radical (unpaired) electrons. The van der Waals surface area contributed by atoms with E-state index in [0.717, 1.165) is 42.5 Å². The average Bonchev–Trinajstić information content (AvgIpc) is 3.06. The van der Waals surface area contributed by atoms with Crippen molar-refractivity contribution in [3.05, 3.63) is 47.3 Å². The van der Waals surface area contributed by atoms with Gasteiger partial charge in [0.2, 0.25) is 0 Å². The molecule has 1 aromatic carbocycles. The van der Waals surface area contributed by atoms with Crippen LogP contribution in [0.3, 0.4) is 0 Å². The van der Waals surface area contributed by atoms with Gasteiger partial charge >= 0.3 is 0 Å². The standard InChI is InChI=1S/C20H25FN2O2/c1-14-10-16(12-22-14)20(24)23(13-15-4-3-5-17(21)11-15)18-6-8-19(25-2)9-7-18/h3-5,10-11,18-19H,6-9,12-13H2,1-2H3. The van der Waals surface area contributed by atoms with Crippen molar-refractivity contribution in [3.63, 3.8) is 0 Å². The van der Waals surface area contributed by atoms with Crippen LogP contribution >= 0.6 is 0 Å². The number of halogens is 1. The summed E-state index contributed by atoms with van der Waals surface area (Å²) in [6.45, 7) is 2.77. The molecule has 0 unspecified atom stereocenters. The van der Waals surface area contributed by atoms with Gasteiger partial charge in [-0.25, -0.2) is 4.39 Å².